The number of nitrogens with one attached hydrogen (secondary N) is 2. The van der Waals surface area contributed by atoms with Crippen molar-refractivity contribution in [2.24, 2.45) is 0 Å². The molecule has 0 saturated carbocycles. The summed E-state index contributed by atoms with van der Waals surface area (Å²) in [5.74, 6) is -0.0879. The first kappa shape index (κ1) is 13.8. The highest BCUT2D eigenvalue weighted by Crippen LogP contribution is 2.39. The molecule has 0 radical (unpaired) electrons. The molecule has 1 heterocycles. The van der Waals surface area contributed by atoms with Crippen LogP contribution in [0.2, 0.25) is 0 Å². The lowest BCUT2D eigenvalue weighted by molar-refractivity contribution is -0.401. The van der Waals surface area contributed by atoms with E-state index in [4.69, 9.17) is 0 Å². The second-order valence-electron chi connectivity index (χ2n) is 3.59. The standard InChI is InChI=1S/C8H5N7O6/c16-13(17)4-1-5(14(18)19)7(6(2-4)15(20)21)11-8-9-3-10-12-8/h1-3H,(H2,9,10,11,12). The highest BCUT2D eigenvalue weighted by molar-refractivity contribution is 5.79. The topological polar surface area (TPSA) is 183 Å². The Kier molecular flexibility index (Phi) is 3.38. The minimum Gasteiger partial charge on any atom is -0.313 e. The molecule has 0 unspecified atom stereocenters. The molecule has 2 rings (SSSR count). The van der Waals surface area contributed by atoms with Crippen molar-refractivity contribution >= 4 is 28.7 Å². The van der Waals surface area contributed by atoms with E-state index in [1.807, 2.05) is 0 Å². The molecule has 2 aromatic rings. The molecule has 0 saturated heterocycles. The molecule has 0 spiro atoms. The average molecular weight is 295 g/mol. The minimum absolute atomic E-state index is 0.0879. The van der Waals surface area contributed by atoms with Gasteiger partial charge in [0.2, 0.25) is 5.95 Å². The number of aromatic nitrogens is 3. The normalized spacial score (nSPS) is 10.1. The minimum atomic E-state index is -0.974. The van der Waals surface area contributed by atoms with E-state index in [9.17, 15) is 30.3 Å². The van der Waals surface area contributed by atoms with Crippen LogP contribution in [0.4, 0.5) is 28.7 Å². The van der Waals surface area contributed by atoms with Gasteiger partial charge in [-0.25, -0.2) is 5.10 Å². The van der Waals surface area contributed by atoms with E-state index in [1.165, 1.54) is 0 Å². The van der Waals surface area contributed by atoms with E-state index in [-0.39, 0.29) is 5.95 Å². The first-order chi connectivity index (χ1) is 9.90. The summed E-state index contributed by atoms with van der Waals surface area (Å²) in [6.07, 6.45) is 1.07. The van der Waals surface area contributed by atoms with Crippen molar-refractivity contribution in [2.45, 2.75) is 0 Å². The summed E-state index contributed by atoms with van der Waals surface area (Å²) in [4.78, 5) is 33.3. The van der Waals surface area contributed by atoms with Gasteiger partial charge in [0.1, 0.15) is 6.33 Å². The molecule has 0 bridgehead atoms. The van der Waals surface area contributed by atoms with E-state index >= 15 is 0 Å². The number of nitro benzene ring substituents is 3. The van der Waals surface area contributed by atoms with Gasteiger partial charge in [-0.15, -0.1) is 0 Å². The number of hydrogen-bond acceptors (Lipinski definition) is 9. The lowest BCUT2D eigenvalue weighted by Gasteiger charge is -2.04. The Hall–Kier alpha value is -3.64. The third kappa shape index (κ3) is 2.70. The molecule has 1 aromatic heterocycles. The van der Waals surface area contributed by atoms with Crippen LogP contribution in [0.1, 0.15) is 0 Å². The number of nitro groups is 3. The van der Waals surface area contributed by atoms with Crippen LogP contribution >= 0.6 is 0 Å². The molecule has 0 amide bonds. The number of hydrogen-bond donors (Lipinski definition) is 2. The van der Waals surface area contributed by atoms with Gasteiger partial charge >= 0.3 is 11.4 Å². The number of benzene rings is 1. The summed E-state index contributed by atoms with van der Waals surface area (Å²) in [6.45, 7) is 0. The number of H-pyrrole nitrogens is 1. The van der Waals surface area contributed by atoms with Crippen molar-refractivity contribution in [3.8, 4) is 0 Å². The molecule has 2 N–H and O–H groups in total. The van der Waals surface area contributed by atoms with Gasteiger partial charge in [-0.05, 0) is 0 Å². The molecule has 0 fully saturated rings. The Labute approximate surface area is 114 Å². The number of aromatic amines is 1. The smallest absolute Gasteiger partial charge is 0.306 e. The predicted molar refractivity (Wildman–Crippen MR) is 66.1 cm³/mol. The van der Waals surface area contributed by atoms with Gasteiger partial charge in [0.05, 0.1) is 26.9 Å². The monoisotopic (exact) mass is 295 g/mol. The van der Waals surface area contributed by atoms with Gasteiger partial charge in [-0.2, -0.15) is 10.1 Å². The fraction of sp³-hybridized carbons (Fsp3) is 0. The van der Waals surface area contributed by atoms with Gasteiger partial charge in [0.15, 0.2) is 5.69 Å². The van der Waals surface area contributed by atoms with Crippen molar-refractivity contribution in [3.63, 3.8) is 0 Å². The molecule has 0 aliphatic rings. The highest BCUT2D eigenvalue weighted by Gasteiger charge is 2.31. The van der Waals surface area contributed by atoms with Gasteiger partial charge in [0, 0.05) is 0 Å². The first-order valence-electron chi connectivity index (χ1n) is 5.13. The third-order valence-corrected chi connectivity index (χ3v) is 2.34. The Morgan fingerprint density at radius 1 is 1.00 bits per heavy atom. The van der Waals surface area contributed by atoms with Crippen LogP contribution in [-0.4, -0.2) is 30.0 Å². The van der Waals surface area contributed by atoms with Crippen molar-refractivity contribution in [1.82, 2.24) is 15.2 Å². The predicted octanol–water partition coefficient (Wildman–Crippen LogP) is 1.27. The SMILES string of the molecule is O=[N+]([O-])c1cc([N+](=O)[O-])c(Nc2ncn[nH]2)c([N+](=O)[O-])c1. The van der Waals surface area contributed by atoms with Crippen molar-refractivity contribution < 1.29 is 14.8 Å². The molecular formula is C8H5N7O6. The summed E-state index contributed by atoms with van der Waals surface area (Å²) in [6, 6.07) is 1.23. The van der Waals surface area contributed by atoms with Crippen LogP contribution in [0.5, 0.6) is 0 Å². The molecule has 13 heteroatoms. The number of rotatable bonds is 5. The lowest BCUT2D eigenvalue weighted by atomic mass is 10.2. The van der Waals surface area contributed by atoms with Crippen molar-refractivity contribution in [3.05, 3.63) is 48.8 Å². The van der Waals surface area contributed by atoms with E-state index < -0.39 is 37.5 Å². The van der Waals surface area contributed by atoms with Crippen LogP contribution in [0.15, 0.2) is 18.5 Å². The van der Waals surface area contributed by atoms with Gasteiger partial charge in [-0.3, -0.25) is 30.3 Å². The summed E-state index contributed by atoms with van der Waals surface area (Å²) < 4.78 is 0. The van der Waals surface area contributed by atoms with Crippen LogP contribution in [-0.2, 0) is 0 Å². The fourth-order valence-corrected chi connectivity index (χ4v) is 1.50. The van der Waals surface area contributed by atoms with Crippen LogP contribution in [0, 0.1) is 30.3 Å². The summed E-state index contributed by atoms with van der Waals surface area (Å²) in [5.41, 5.74) is -2.96. The van der Waals surface area contributed by atoms with Crippen molar-refractivity contribution in [1.29, 1.82) is 0 Å². The summed E-state index contributed by atoms with van der Waals surface area (Å²) in [7, 11) is 0. The van der Waals surface area contributed by atoms with E-state index in [0.29, 0.717) is 12.1 Å². The van der Waals surface area contributed by atoms with E-state index in [0.717, 1.165) is 6.33 Å². The summed E-state index contributed by atoms with van der Waals surface area (Å²) >= 11 is 0. The number of non-ortho nitro benzene ring substituents is 1. The maximum absolute atomic E-state index is 11.0. The second-order valence-corrected chi connectivity index (χ2v) is 3.59. The molecule has 0 atom stereocenters. The maximum Gasteiger partial charge on any atom is 0.306 e. The number of anilines is 2. The highest BCUT2D eigenvalue weighted by atomic mass is 16.6. The first-order valence-corrected chi connectivity index (χ1v) is 5.13. The zero-order valence-corrected chi connectivity index (χ0v) is 9.92. The molecule has 0 aliphatic heterocycles. The molecular weight excluding hydrogens is 290 g/mol. The van der Waals surface area contributed by atoms with Crippen LogP contribution in [0.25, 0.3) is 0 Å². The van der Waals surface area contributed by atoms with Crippen molar-refractivity contribution in [2.75, 3.05) is 5.32 Å². The third-order valence-electron chi connectivity index (χ3n) is 2.34. The number of nitrogens with zero attached hydrogens (tertiary/aromatic N) is 5. The van der Waals surface area contributed by atoms with Crippen LogP contribution < -0.4 is 5.32 Å². The Morgan fingerprint density at radius 2 is 1.57 bits per heavy atom. The quantitative estimate of drug-likeness (QED) is 0.605. The second kappa shape index (κ2) is 5.16. The van der Waals surface area contributed by atoms with Gasteiger partial charge in [-0.1, -0.05) is 0 Å². The molecule has 21 heavy (non-hydrogen) atoms. The largest absolute Gasteiger partial charge is 0.313 e. The Bertz CT molecular complexity index is 692. The van der Waals surface area contributed by atoms with Gasteiger partial charge in [0.25, 0.3) is 5.69 Å². The van der Waals surface area contributed by atoms with E-state index in [2.05, 4.69) is 20.5 Å². The van der Waals surface area contributed by atoms with Crippen LogP contribution in [0.3, 0.4) is 0 Å². The average Bonchev–Trinajstić information content (AvgIpc) is 2.90. The molecule has 108 valence electrons. The fourth-order valence-electron chi connectivity index (χ4n) is 1.50. The zero-order valence-electron chi connectivity index (χ0n) is 9.92. The Balaban J connectivity index is 2.66. The molecule has 0 aliphatic carbocycles. The molecule has 1 aromatic carbocycles. The zero-order chi connectivity index (χ0) is 15.6. The van der Waals surface area contributed by atoms with E-state index in [1.54, 1.807) is 0 Å². The van der Waals surface area contributed by atoms with Gasteiger partial charge < -0.3 is 5.32 Å². The summed E-state index contributed by atoms with van der Waals surface area (Å²) in [5, 5.41) is 40.7. The maximum atomic E-state index is 11.0. The molecule has 13 nitrogen and oxygen atoms in total. The Morgan fingerprint density at radius 3 is 1.95 bits per heavy atom. The lowest BCUT2D eigenvalue weighted by Crippen LogP contribution is -2.04.